The maximum Gasteiger partial charge on any atom is 0.134 e. The molecule has 1 heterocycles. The summed E-state index contributed by atoms with van der Waals surface area (Å²) in [6.07, 6.45) is 3.65. The number of hydrogen-bond acceptors (Lipinski definition) is 2. The van der Waals surface area contributed by atoms with Crippen LogP contribution in [0.4, 0.5) is 0 Å². The molecular formula is C12H13BrN2O. The van der Waals surface area contributed by atoms with Gasteiger partial charge >= 0.3 is 0 Å². The molecule has 2 rings (SSSR count). The van der Waals surface area contributed by atoms with E-state index in [4.69, 9.17) is 4.74 Å². The summed E-state index contributed by atoms with van der Waals surface area (Å²) >= 11 is 3.45. The highest BCUT2D eigenvalue weighted by molar-refractivity contribution is 9.10. The first-order valence-corrected chi connectivity index (χ1v) is 5.97. The lowest BCUT2D eigenvalue weighted by molar-refractivity contribution is 0.293. The highest BCUT2D eigenvalue weighted by Gasteiger charge is 2.03. The van der Waals surface area contributed by atoms with Gasteiger partial charge in [0.2, 0.25) is 0 Å². The second-order valence-corrected chi connectivity index (χ2v) is 4.24. The summed E-state index contributed by atoms with van der Waals surface area (Å²) in [6.45, 7) is 3.54. The summed E-state index contributed by atoms with van der Waals surface area (Å²) in [5, 5.41) is 0. The molecule has 3 nitrogen and oxygen atoms in total. The second kappa shape index (κ2) is 5.16. The molecule has 0 radical (unpaired) electrons. The van der Waals surface area contributed by atoms with E-state index in [-0.39, 0.29) is 0 Å². The van der Waals surface area contributed by atoms with Crippen LogP contribution in [-0.2, 0) is 13.2 Å². The summed E-state index contributed by atoms with van der Waals surface area (Å²) in [5.41, 5.74) is 1.08. The SMILES string of the molecule is CCn1cncc1COc1ccccc1Br. The molecule has 2 aromatic rings. The van der Waals surface area contributed by atoms with Gasteiger partial charge in [0, 0.05) is 6.54 Å². The van der Waals surface area contributed by atoms with Crippen LogP contribution in [0, 0.1) is 0 Å². The fourth-order valence-corrected chi connectivity index (χ4v) is 1.87. The van der Waals surface area contributed by atoms with Crippen molar-refractivity contribution in [3.05, 3.63) is 47.0 Å². The monoisotopic (exact) mass is 280 g/mol. The van der Waals surface area contributed by atoms with Crippen LogP contribution in [-0.4, -0.2) is 9.55 Å². The van der Waals surface area contributed by atoms with Crippen molar-refractivity contribution < 1.29 is 4.74 Å². The van der Waals surface area contributed by atoms with Crippen molar-refractivity contribution in [2.75, 3.05) is 0 Å². The van der Waals surface area contributed by atoms with Gasteiger partial charge in [-0.05, 0) is 35.0 Å². The Morgan fingerprint density at radius 2 is 2.19 bits per heavy atom. The highest BCUT2D eigenvalue weighted by Crippen LogP contribution is 2.24. The van der Waals surface area contributed by atoms with Crippen LogP contribution in [0.1, 0.15) is 12.6 Å². The Morgan fingerprint density at radius 3 is 2.94 bits per heavy atom. The average molecular weight is 281 g/mol. The smallest absolute Gasteiger partial charge is 0.134 e. The highest BCUT2D eigenvalue weighted by atomic mass is 79.9. The Kier molecular flexibility index (Phi) is 3.62. The minimum atomic E-state index is 0.538. The zero-order valence-corrected chi connectivity index (χ0v) is 10.6. The summed E-state index contributed by atoms with van der Waals surface area (Å²) in [4.78, 5) is 4.10. The van der Waals surface area contributed by atoms with Gasteiger partial charge in [0.1, 0.15) is 12.4 Å². The number of imidazole rings is 1. The van der Waals surface area contributed by atoms with E-state index >= 15 is 0 Å². The first kappa shape index (κ1) is 11.2. The third-order valence-corrected chi connectivity index (χ3v) is 3.01. The van der Waals surface area contributed by atoms with Crippen molar-refractivity contribution in [2.45, 2.75) is 20.1 Å². The molecule has 0 saturated carbocycles. The number of halogens is 1. The number of para-hydroxylation sites is 1. The fraction of sp³-hybridized carbons (Fsp3) is 0.250. The summed E-state index contributed by atoms with van der Waals surface area (Å²) in [7, 11) is 0. The van der Waals surface area contributed by atoms with Gasteiger partial charge in [0.05, 0.1) is 22.7 Å². The molecule has 0 aliphatic carbocycles. The lowest BCUT2D eigenvalue weighted by Gasteiger charge is -2.09. The van der Waals surface area contributed by atoms with Crippen molar-refractivity contribution in [1.29, 1.82) is 0 Å². The van der Waals surface area contributed by atoms with Crippen LogP contribution in [0.25, 0.3) is 0 Å². The normalized spacial score (nSPS) is 10.4. The van der Waals surface area contributed by atoms with Crippen molar-refractivity contribution >= 4 is 15.9 Å². The molecule has 0 saturated heterocycles. The molecule has 4 heteroatoms. The van der Waals surface area contributed by atoms with Crippen LogP contribution < -0.4 is 4.74 Å². The zero-order valence-electron chi connectivity index (χ0n) is 9.06. The lowest BCUT2D eigenvalue weighted by Crippen LogP contribution is -2.03. The Morgan fingerprint density at radius 1 is 1.38 bits per heavy atom. The maximum atomic E-state index is 5.72. The van der Waals surface area contributed by atoms with E-state index in [1.165, 1.54) is 0 Å². The number of benzene rings is 1. The van der Waals surface area contributed by atoms with Gasteiger partial charge in [-0.2, -0.15) is 0 Å². The van der Waals surface area contributed by atoms with E-state index in [1.807, 2.05) is 36.8 Å². The van der Waals surface area contributed by atoms with Crippen molar-refractivity contribution in [2.24, 2.45) is 0 Å². The predicted molar refractivity (Wildman–Crippen MR) is 66.4 cm³/mol. The average Bonchev–Trinajstić information content (AvgIpc) is 2.75. The molecule has 0 atom stereocenters. The number of nitrogens with zero attached hydrogens (tertiary/aromatic N) is 2. The minimum Gasteiger partial charge on any atom is -0.486 e. The summed E-state index contributed by atoms with van der Waals surface area (Å²) in [5.74, 6) is 0.853. The number of aromatic nitrogens is 2. The molecule has 0 fully saturated rings. The topological polar surface area (TPSA) is 27.1 Å². The van der Waals surface area contributed by atoms with E-state index in [2.05, 4.69) is 32.4 Å². The molecule has 1 aromatic carbocycles. The number of aryl methyl sites for hydroxylation is 1. The minimum absolute atomic E-state index is 0.538. The molecule has 0 aliphatic heterocycles. The maximum absolute atomic E-state index is 5.72. The molecular weight excluding hydrogens is 268 g/mol. The molecule has 0 aliphatic rings. The van der Waals surface area contributed by atoms with Crippen molar-refractivity contribution in [3.8, 4) is 5.75 Å². The van der Waals surface area contributed by atoms with Gasteiger partial charge in [-0.25, -0.2) is 4.98 Å². The zero-order chi connectivity index (χ0) is 11.4. The van der Waals surface area contributed by atoms with Crippen LogP contribution in [0.3, 0.4) is 0 Å². The van der Waals surface area contributed by atoms with Crippen molar-refractivity contribution in [1.82, 2.24) is 9.55 Å². The Hall–Kier alpha value is -1.29. The molecule has 16 heavy (non-hydrogen) atoms. The summed E-state index contributed by atoms with van der Waals surface area (Å²) in [6, 6.07) is 7.83. The quantitative estimate of drug-likeness (QED) is 0.860. The van der Waals surface area contributed by atoms with Crippen molar-refractivity contribution in [3.63, 3.8) is 0 Å². The molecule has 0 amide bonds. The Balaban J connectivity index is 2.05. The van der Waals surface area contributed by atoms with Gasteiger partial charge in [-0.3, -0.25) is 0 Å². The molecule has 0 spiro atoms. The van der Waals surface area contributed by atoms with E-state index in [9.17, 15) is 0 Å². The van der Waals surface area contributed by atoms with Gasteiger partial charge in [0.15, 0.2) is 0 Å². The van der Waals surface area contributed by atoms with Crippen LogP contribution in [0.15, 0.2) is 41.3 Å². The van der Waals surface area contributed by atoms with E-state index in [1.54, 1.807) is 0 Å². The van der Waals surface area contributed by atoms with Gasteiger partial charge in [-0.1, -0.05) is 12.1 Å². The molecule has 0 bridgehead atoms. The van der Waals surface area contributed by atoms with E-state index in [0.717, 1.165) is 22.5 Å². The van der Waals surface area contributed by atoms with Crippen LogP contribution >= 0.6 is 15.9 Å². The third kappa shape index (κ3) is 2.44. The van der Waals surface area contributed by atoms with Crippen LogP contribution in [0.2, 0.25) is 0 Å². The first-order valence-electron chi connectivity index (χ1n) is 5.17. The predicted octanol–water partition coefficient (Wildman–Crippen LogP) is 3.24. The Bertz CT molecular complexity index is 468. The lowest BCUT2D eigenvalue weighted by atomic mass is 10.3. The largest absolute Gasteiger partial charge is 0.486 e. The molecule has 0 unspecified atom stereocenters. The second-order valence-electron chi connectivity index (χ2n) is 3.39. The van der Waals surface area contributed by atoms with Gasteiger partial charge < -0.3 is 9.30 Å². The standard InChI is InChI=1S/C12H13BrN2O/c1-2-15-9-14-7-10(15)8-16-12-6-4-3-5-11(12)13/h3-7,9H,2,8H2,1H3. The third-order valence-electron chi connectivity index (χ3n) is 2.35. The Labute approximate surface area is 103 Å². The molecule has 1 aromatic heterocycles. The van der Waals surface area contributed by atoms with Gasteiger partial charge in [0.25, 0.3) is 0 Å². The van der Waals surface area contributed by atoms with Gasteiger partial charge in [-0.15, -0.1) is 0 Å². The molecule has 0 N–H and O–H groups in total. The number of ether oxygens (including phenoxy) is 1. The first-order chi connectivity index (χ1) is 7.81. The molecule has 84 valence electrons. The number of rotatable bonds is 4. The number of hydrogen-bond donors (Lipinski definition) is 0. The fourth-order valence-electron chi connectivity index (χ4n) is 1.47. The summed E-state index contributed by atoms with van der Waals surface area (Å²) < 4.78 is 8.75. The van der Waals surface area contributed by atoms with E-state index < -0.39 is 0 Å². The van der Waals surface area contributed by atoms with E-state index in [0.29, 0.717) is 6.61 Å². The van der Waals surface area contributed by atoms with Crippen LogP contribution in [0.5, 0.6) is 5.75 Å².